The van der Waals surface area contributed by atoms with E-state index >= 15 is 0 Å². The SMILES string of the molecule is CCOC(=O)[C@@]1(Cc2ccc(F)cc2F)CCCN(C(=O)Cc2nonc2C)C1. The molecule has 0 saturated carbocycles. The largest absolute Gasteiger partial charge is 0.466 e. The number of likely N-dealkylation sites (tertiary alicyclic amines) is 1. The summed E-state index contributed by atoms with van der Waals surface area (Å²) in [6, 6.07) is 3.28. The summed E-state index contributed by atoms with van der Waals surface area (Å²) < 4.78 is 37.4. The molecule has 7 nitrogen and oxygen atoms in total. The van der Waals surface area contributed by atoms with E-state index < -0.39 is 23.0 Å². The number of amides is 1. The molecule has 1 saturated heterocycles. The standard InChI is InChI=1S/C20H23F2N3O4/c1-3-28-19(27)20(11-14-5-6-15(21)9-16(14)22)7-4-8-25(12-20)18(26)10-17-13(2)23-29-24-17/h5-6,9H,3-4,7-8,10-12H2,1-2H3/t20-/m1/s1. The molecule has 29 heavy (non-hydrogen) atoms. The van der Waals surface area contributed by atoms with Crippen LogP contribution in [0, 0.1) is 24.0 Å². The molecule has 1 aliphatic heterocycles. The molecule has 1 fully saturated rings. The Morgan fingerprint density at radius 1 is 1.31 bits per heavy atom. The first-order chi connectivity index (χ1) is 13.8. The van der Waals surface area contributed by atoms with Crippen molar-refractivity contribution in [1.82, 2.24) is 15.2 Å². The summed E-state index contributed by atoms with van der Waals surface area (Å²) in [5, 5.41) is 7.39. The van der Waals surface area contributed by atoms with Gasteiger partial charge in [-0.2, -0.15) is 0 Å². The lowest BCUT2D eigenvalue weighted by molar-refractivity contribution is -0.160. The van der Waals surface area contributed by atoms with Crippen LogP contribution in [0.15, 0.2) is 22.8 Å². The number of benzene rings is 1. The predicted molar refractivity (Wildman–Crippen MR) is 97.7 cm³/mol. The van der Waals surface area contributed by atoms with Crippen molar-refractivity contribution < 1.29 is 27.7 Å². The maximum atomic E-state index is 14.3. The number of hydrogen-bond acceptors (Lipinski definition) is 6. The topological polar surface area (TPSA) is 85.5 Å². The second-order valence-corrected chi connectivity index (χ2v) is 7.31. The lowest BCUT2D eigenvalue weighted by atomic mass is 9.74. The summed E-state index contributed by atoms with van der Waals surface area (Å²) in [4.78, 5) is 27.2. The van der Waals surface area contributed by atoms with Gasteiger partial charge in [-0.1, -0.05) is 16.4 Å². The molecule has 0 unspecified atom stereocenters. The van der Waals surface area contributed by atoms with E-state index in [0.717, 1.165) is 12.1 Å². The monoisotopic (exact) mass is 407 g/mol. The van der Waals surface area contributed by atoms with Crippen molar-refractivity contribution in [2.24, 2.45) is 5.41 Å². The number of halogens is 2. The average Bonchev–Trinajstić information content (AvgIpc) is 3.09. The van der Waals surface area contributed by atoms with Crippen LogP contribution in [0.25, 0.3) is 0 Å². The van der Waals surface area contributed by atoms with Gasteiger partial charge in [-0.25, -0.2) is 13.4 Å². The van der Waals surface area contributed by atoms with E-state index in [1.54, 1.807) is 18.7 Å². The molecule has 3 rings (SSSR count). The number of rotatable bonds is 6. The van der Waals surface area contributed by atoms with Crippen molar-refractivity contribution in [2.45, 2.75) is 39.5 Å². The molecular weight excluding hydrogens is 384 g/mol. The third kappa shape index (κ3) is 4.60. The van der Waals surface area contributed by atoms with E-state index in [2.05, 4.69) is 14.9 Å². The highest BCUT2D eigenvalue weighted by Crippen LogP contribution is 2.36. The minimum absolute atomic E-state index is 0.000845. The number of aryl methyl sites for hydroxylation is 1. The fraction of sp³-hybridized carbons (Fsp3) is 0.500. The molecule has 2 aromatic rings. The van der Waals surface area contributed by atoms with E-state index in [0.29, 0.717) is 30.8 Å². The number of esters is 1. The zero-order chi connectivity index (χ0) is 21.0. The molecule has 0 aliphatic carbocycles. The van der Waals surface area contributed by atoms with Crippen LogP contribution in [-0.2, 0) is 27.2 Å². The minimum atomic E-state index is -1.10. The van der Waals surface area contributed by atoms with Crippen molar-refractivity contribution >= 4 is 11.9 Å². The van der Waals surface area contributed by atoms with Crippen LogP contribution in [0.2, 0.25) is 0 Å². The molecule has 0 radical (unpaired) electrons. The Balaban J connectivity index is 1.84. The van der Waals surface area contributed by atoms with Crippen molar-refractivity contribution in [3.05, 3.63) is 46.8 Å². The van der Waals surface area contributed by atoms with E-state index in [1.165, 1.54) is 6.07 Å². The predicted octanol–water partition coefficient (Wildman–Crippen LogP) is 2.61. The Bertz CT molecular complexity index is 902. The molecule has 1 amide bonds. The van der Waals surface area contributed by atoms with Gasteiger partial charge in [0.1, 0.15) is 23.0 Å². The molecular formula is C20H23F2N3O4. The summed E-state index contributed by atoms with van der Waals surface area (Å²) in [7, 11) is 0. The van der Waals surface area contributed by atoms with Crippen LogP contribution in [0.5, 0.6) is 0 Å². The maximum absolute atomic E-state index is 14.3. The van der Waals surface area contributed by atoms with E-state index in [1.807, 2.05) is 0 Å². The van der Waals surface area contributed by atoms with Gasteiger partial charge in [0.05, 0.1) is 18.4 Å². The van der Waals surface area contributed by atoms with Crippen molar-refractivity contribution in [3.63, 3.8) is 0 Å². The molecule has 0 spiro atoms. The van der Waals surface area contributed by atoms with Gasteiger partial charge >= 0.3 is 5.97 Å². The summed E-state index contributed by atoms with van der Waals surface area (Å²) in [5.74, 6) is -2.12. The maximum Gasteiger partial charge on any atom is 0.314 e. The average molecular weight is 407 g/mol. The van der Waals surface area contributed by atoms with Gasteiger partial charge in [-0.15, -0.1) is 0 Å². The molecule has 9 heteroatoms. The molecule has 1 aliphatic rings. The first-order valence-electron chi connectivity index (χ1n) is 9.51. The van der Waals surface area contributed by atoms with Gasteiger partial charge in [-0.05, 0) is 44.7 Å². The van der Waals surface area contributed by atoms with Crippen LogP contribution in [-0.4, -0.2) is 46.8 Å². The molecule has 2 heterocycles. The van der Waals surface area contributed by atoms with E-state index in [-0.39, 0.29) is 37.5 Å². The third-order valence-corrected chi connectivity index (χ3v) is 5.25. The van der Waals surface area contributed by atoms with E-state index in [9.17, 15) is 18.4 Å². The van der Waals surface area contributed by atoms with Crippen LogP contribution in [0.4, 0.5) is 8.78 Å². The fourth-order valence-electron chi connectivity index (χ4n) is 3.71. The zero-order valence-corrected chi connectivity index (χ0v) is 16.4. The van der Waals surface area contributed by atoms with Crippen molar-refractivity contribution in [3.8, 4) is 0 Å². The number of carbonyl (C=O) groups is 2. The summed E-state index contributed by atoms with van der Waals surface area (Å²) >= 11 is 0. The third-order valence-electron chi connectivity index (χ3n) is 5.25. The number of hydrogen-bond donors (Lipinski definition) is 0. The van der Waals surface area contributed by atoms with Gasteiger partial charge in [0.15, 0.2) is 0 Å². The fourth-order valence-corrected chi connectivity index (χ4v) is 3.71. The Labute approximate surface area is 167 Å². The number of piperidine rings is 1. The molecule has 1 aromatic carbocycles. The smallest absolute Gasteiger partial charge is 0.314 e. The lowest BCUT2D eigenvalue weighted by Crippen LogP contribution is -2.52. The zero-order valence-electron chi connectivity index (χ0n) is 16.4. The molecule has 0 N–H and O–H groups in total. The van der Waals surface area contributed by atoms with E-state index in [4.69, 9.17) is 4.74 Å². The van der Waals surface area contributed by atoms with Crippen molar-refractivity contribution in [2.75, 3.05) is 19.7 Å². The molecule has 1 aromatic heterocycles. The Kier molecular flexibility index (Phi) is 6.24. The molecule has 1 atom stereocenters. The highest BCUT2D eigenvalue weighted by molar-refractivity contribution is 5.82. The summed E-state index contributed by atoms with van der Waals surface area (Å²) in [6.07, 6.45) is 1.02. The number of ether oxygens (including phenoxy) is 1. The van der Waals surface area contributed by atoms with Gasteiger partial charge < -0.3 is 9.64 Å². The molecule has 156 valence electrons. The lowest BCUT2D eigenvalue weighted by Gasteiger charge is -2.41. The minimum Gasteiger partial charge on any atom is -0.466 e. The van der Waals surface area contributed by atoms with Gasteiger partial charge in [-0.3, -0.25) is 9.59 Å². The van der Waals surface area contributed by atoms with Gasteiger partial charge in [0.25, 0.3) is 0 Å². The Morgan fingerprint density at radius 2 is 2.10 bits per heavy atom. The Hall–Kier alpha value is -2.84. The number of nitrogens with zero attached hydrogens (tertiary/aromatic N) is 3. The first-order valence-corrected chi connectivity index (χ1v) is 9.51. The van der Waals surface area contributed by atoms with Crippen LogP contribution >= 0.6 is 0 Å². The number of aromatic nitrogens is 2. The highest BCUT2D eigenvalue weighted by Gasteiger charge is 2.45. The van der Waals surface area contributed by atoms with Crippen molar-refractivity contribution in [1.29, 1.82) is 0 Å². The quantitative estimate of drug-likeness (QED) is 0.685. The second kappa shape index (κ2) is 8.67. The first kappa shape index (κ1) is 20.9. The van der Waals surface area contributed by atoms with Crippen LogP contribution in [0.3, 0.4) is 0 Å². The summed E-state index contributed by atoms with van der Waals surface area (Å²) in [5.41, 5.74) is 0.0808. The number of carbonyl (C=O) groups excluding carboxylic acids is 2. The van der Waals surface area contributed by atoms with Gasteiger partial charge in [0.2, 0.25) is 5.91 Å². The normalized spacial score (nSPS) is 19.2. The highest BCUT2D eigenvalue weighted by atomic mass is 19.1. The van der Waals surface area contributed by atoms with Crippen LogP contribution in [0.1, 0.15) is 36.7 Å². The summed E-state index contributed by atoms with van der Waals surface area (Å²) in [6.45, 7) is 4.11. The molecule has 0 bridgehead atoms. The second-order valence-electron chi connectivity index (χ2n) is 7.31. The van der Waals surface area contributed by atoms with Gasteiger partial charge in [0, 0.05) is 19.2 Å². The van der Waals surface area contributed by atoms with Crippen LogP contribution < -0.4 is 0 Å². The Morgan fingerprint density at radius 3 is 2.76 bits per heavy atom.